The molecule has 0 radical (unpaired) electrons. The second kappa shape index (κ2) is 8.50. The van der Waals surface area contributed by atoms with Gasteiger partial charge in [0, 0.05) is 23.0 Å². The molecule has 0 fully saturated rings. The molecule has 0 spiro atoms. The van der Waals surface area contributed by atoms with Crippen molar-refractivity contribution in [3.05, 3.63) is 83.1 Å². The summed E-state index contributed by atoms with van der Waals surface area (Å²) in [5.74, 6) is -0.469. The molecule has 29 heavy (non-hydrogen) atoms. The zero-order valence-electron chi connectivity index (χ0n) is 15.1. The molecular weight excluding hydrogens is 419 g/mol. The minimum atomic E-state index is -3.96. The summed E-state index contributed by atoms with van der Waals surface area (Å²) in [5.41, 5.74) is 1.14. The van der Waals surface area contributed by atoms with Crippen molar-refractivity contribution in [3.63, 3.8) is 0 Å². The maximum atomic E-state index is 13.2. The molecule has 3 aromatic carbocycles. The maximum absolute atomic E-state index is 13.2. The Labute approximate surface area is 172 Å². The standard InChI is InChI=1S/C20H16ClFN2O4S/c1-28-16-4-2-3-15(11-16)23-20(25)13-5-7-14(8-6-13)24-29(26,27)17-9-10-19(22)18(21)12-17/h2-12,24H,1H3,(H,23,25). The van der Waals surface area contributed by atoms with Crippen molar-refractivity contribution < 1.29 is 22.3 Å². The molecule has 0 bridgehead atoms. The summed E-state index contributed by atoms with van der Waals surface area (Å²) < 4.78 is 45.5. The summed E-state index contributed by atoms with van der Waals surface area (Å²) in [6.45, 7) is 0. The number of hydrogen-bond donors (Lipinski definition) is 2. The van der Waals surface area contributed by atoms with Gasteiger partial charge in [0.05, 0.1) is 17.0 Å². The lowest BCUT2D eigenvalue weighted by Gasteiger charge is -2.10. The number of halogens is 2. The zero-order chi connectivity index (χ0) is 21.0. The van der Waals surface area contributed by atoms with Crippen molar-refractivity contribution in [1.29, 1.82) is 0 Å². The van der Waals surface area contributed by atoms with Gasteiger partial charge in [0.1, 0.15) is 11.6 Å². The van der Waals surface area contributed by atoms with Crippen LogP contribution in [0.4, 0.5) is 15.8 Å². The largest absolute Gasteiger partial charge is 0.497 e. The SMILES string of the molecule is COc1cccc(NC(=O)c2ccc(NS(=O)(=O)c3ccc(F)c(Cl)c3)cc2)c1. The van der Waals surface area contributed by atoms with E-state index in [1.54, 1.807) is 24.3 Å². The molecule has 0 atom stereocenters. The Morgan fingerprint density at radius 3 is 2.38 bits per heavy atom. The quantitative estimate of drug-likeness (QED) is 0.596. The van der Waals surface area contributed by atoms with Crippen LogP contribution >= 0.6 is 11.6 Å². The molecule has 0 heterocycles. The van der Waals surface area contributed by atoms with Crippen LogP contribution in [0.25, 0.3) is 0 Å². The molecule has 150 valence electrons. The number of anilines is 2. The number of ether oxygens (including phenoxy) is 1. The summed E-state index contributed by atoms with van der Waals surface area (Å²) in [4.78, 5) is 12.2. The fourth-order valence-electron chi connectivity index (χ4n) is 2.45. The number of benzene rings is 3. The van der Waals surface area contributed by atoms with Crippen LogP contribution in [0, 0.1) is 5.82 Å². The van der Waals surface area contributed by atoms with E-state index in [0.717, 1.165) is 18.2 Å². The van der Waals surface area contributed by atoms with E-state index < -0.39 is 15.8 Å². The van der Waals surface area contributed by atoms with Crippen LogP contribution in [0.5, 0.6) is 5.75 Å². The van der Waals surface area contributed by atoms with Crippen LogP contribution in [0.3, 0.4) is 0 Å². The van der Waals surface area contributed by atoms with Crippen molar-refractivity contribution in [1.82, 2.24) is 0 Å². The van der Waals surface area contributed by atoms with E-state index in [1.165, 1.54) is 31.4 Å². The molecule has 0 saturated heterocycles. The van der Waals surface area contributed by atoms with Crippen molar-refractivity contribution in [2.45, 2.75) is 4.90 Å². The van der Waals surface area contributed by atoms with Crippen molar-refractivity contribution >= 4 is 38.9 Å². The Hall–Kier alpha value is -3.10. The number of carbonyl (C=O) groups is 1. The number of hydrogen-bond acceptors (Lipinski definition) is 4. The van der Waals surface area contributed by atoms with Gasteiger partial charge in [-0.15, -0.1) is 0 Å². The Morgan fingerprint density at radius 2 is 1.72 bits per heavy atom. The summed E-state index contributed by atoms with van der Waals surface area (Å²) in [5, 5.41) is 2.44. The number of methoxy groups -OCH3 is 1. The van der Waals surface area contributed by atoms with Crippen molar-refractivity contribution in [2.75, 3.05) is 17.1 Å². The van der Waals surface area contributed by atoms with Gasteiger partial charge >= 0.3 is 0 Å². The molecule has 0 aliphatic heterocycles. The predicted octanol–water partition coefficient (Wildman–Crippen LogP) is 4.54. The third kappa shape index (κ3) is 5.04. The van der Waals surface area contributed by atoms with E-state index in [9.17, 15) is 17.6 Å². The van der Waals surface area contributed by atoms with Gasteiger partial charge in [-0.3, -0.25) is 9.52 Å². The highest BCUT2D eigenvalue weighted by atomic mass is 35.5. The van der Waals surface area contributed by atoms with Gasteiger partial charge in [0.2, 0.25) is 0 Å². The van der Waals surface area contributed by atoms with Gasteiger partial charge in [0.15, 0.2) is 0 Å². The van der Waals surface area contributed by atoms with Gasteiger partial charge in [-0.05, 0) is 54.6 Å². The van der Waals surface area contributed by atoms with E-state index in [0.29, 0.717) is 17.0 Å². The first kappa shape index (κ1) is 20.6. The molecule has 6 nitrogen and oxygen atoms in total. The Balaban J connectivity index is 1.72. The topological polar surface area (TPSA) is 84.5 Å². The van der Waals surface area contributed by atoms with Crippen LogP contribution in [0.15, 0.2) is 71.6 Å². The Morgan fingerprint density at radius 1 is 1.00 bits per heavy atom. The zero-order valence-corrected chi connectivity index (χ0v) is 16.7. The molecule has 0 aliphatic carbocycles. The summed E-state index contributed by atoms with van der Waals surface area (Å²) in [6.07, 6.45) is 0. The maximum Gasteiger partial charge on any atom is 0.261 e. The average Bonchev–Trinajstić information content (AvgIpc) is 2.70. The molecular formula is C20H16ClFN2O4S. The van der Waals surface area contributed by atoms with Gasteiger partial charge in [0.25, 0.3) is 15.9 Å². The first-order valence-electron chi connectivity index (χ1n) is 8.32. The monoisotopic (exact) mass is 434 g/mol. The average molecular weight is 435 g/mol. The number of rotatable bonds is 6. The van der Waals surface area contributed by atoms with Crippen LogP contribution in [0.2, 0.25) is 5.02 Å². The van der Waals surface area contributed by atoms with Gasteiger partial charge in [-0.1, -0.05) is 17.7 Å². The van der Waals surface area contributed by atoms with Crippen LogP contribution < -0.4 is 14.8 Å². The van der Waals surface area contributed by atoms with E-state index in [4.69, 9.17) is 16.3 Å². The molecule has 3 rings (SSSR count). The fraction of sp³-hybridized carbons (Fsp3) is 0.0500. The lowest BCUT2D eigenvalue weighted by atomic mass is 10.2. The van der Waals surface area contributed by atoms with E-state index in [1.807, 2.05) is 0 Å². The molecule has 0 unspecified atom stereocenters. The molecule has 1 amide bonds. The summed E-state index contributed by atoms with van der Waals surface area (Å²) in [6, 6.07) is 15.9. The first-order chi connectivity index (χ1) is 13.8. The first-order valence-corrected chi connectivity index (χ1v) is 10.2. The molecule has 0 aliphatic rings. The highest BCUT2D eigenvalue weighted by Gasteiger charge is 2.16. The highest BCUT2D eigenvalue weighted by molar-refractivity contribution is 7.92. The summed E-state index contributed by atoms with van der Waals surface area (Å²) in [7, 11) is -2.43. The fourth-order valence-corrected chi connectivity index (χ4v) is 3.78. The van der Waals surface area contributed by atoms with E-state index in [2.05, 4.69) is 10.0 Å². The van der Waals surface area contributed by atoms with Gasteiger partial charge in [-0.2, -0.15) is 0 Å². The number of amides is 1. The second-order valence-electron chi connectivity index (χ2n) is 5.94. The van der Waals surface area contributed by atoms with Gasteiger partial charge in [-0.25, -0.2) is 12.8 Å². The lowest BCUT2D eigenvalue weighted by molar-refractivity contribution is 0.102. The molecule has 3 aromatic rings. The highest BCUT2D eigenvalue weighted by Crippen LogP contribution is 2.22. The van der Waals surface area contributed by atoms with Crippen LogP contribution in [-0.2, 0) is 10.0 Å². The smallest absolute Gasteiger partial charge is 0.261 e. The molecule has 9 heteroatoms. The van der Waals surface area contributed by atoms with Gasteiger partial charge < -0.3 is 10.1 Å². The Bertz CT molecular complexity index is 1150. The van der Waals surface area contributed by atoms with Crippen molar-refractivity contribution in [3.8, 4) is 5.75 Å². The van der Waals surface area contributed by atoms with E-state index in [-0.39, 0.29) is 21.5 Å². The minimum absolute atomic E-state index is 0.177. The molecule has 0 aromatic heterocycles. The predicted molar refractivity (Wildman–Crippen MR) is 110 cm³/mol. The minimum Gasteiger partial charge on any atom is -0.497 e. The lowest BCUT2D eigenvalue weighted by Crippen LogP contribution is -2.14. The van der Waals surface area contributed by atoms with Crippen LogP contribution in [0.1, 0.15) is 10.4 Å². The third-order valence-electron chi connectivity index (χ3n) is 3.93. The Kier molecular flexibility index (Phi) is 6.05. The number of carbonyl (C=O) groups excluding carboxylic acids is 1. The third-order valence-corrected chi connectivity index (χ3v) is 5.60. The number of nitrogens with one attached hydrogen (secondary N) is 2. The van der Waals surface area contributed by atoms with Crippen LogP contribution in [-0.4, -0.2) is 21.4 Å². The molecule has 2 N–H and O–H groups in total. The normalized spacial score (nSPS) is 11.0. The number of sulfonamides is 1. The second-order valence-corrected chi connectivity index (χ2v) is 8.03. The van der Waals surface area contributed by atoms with E-state index >= 15 is 0 Å². The summed E-state index contributed by atoms with van der Waals surface area (Å²) >= 11 is 5.64. The van der Waals surface area contributed by atoms with Crippen molar-refractivity contribution in [2.24, 2.45) is 0 Å². The molecule has 0 saturated carbocycles.